The SMILES string of the molecule is CN(CCCc1ccccc1)C(C)(C)CCl. The van der Waals surface area contributed by atoms with E-state index in [0.717, 1.165) is 13.0 Å². The first-order valence-electron chi connectivity index (χ1n) is 5.87. The Labute approximate surface area is 104 Å². The molecule has 16 heavy (non-hydrogen) atoms. The number of benzene rings is 1. The van der Waals surface area contributed by atoms with E-state index in [1.54, 1.807) is 0 Å². The highest BCUT2D eigenvalue weighted by Crippen LogP contribution is 2.15. The Morgan fingerprint density at radius 3 is 2.38 bits per heavy atom. The molecule has 1 nitrogen and oxygen atoms in total. The van der Waals surface area contributed by atoms with Crippen LogP contribution in [0.15, 0.2) is 30.3 Å². The van der Waals surface area contributed by atoms with E-state index in [1.165, 1.54) is 12.0 Å². The highest BCUT2D eigenvalue weighted by molar-refractivity contribution is 6.18. The fraction of sp³-hybridized carbons (Fsp3) is 0.571. The molecule has 0 spiro atoms. The van der Waals surface area contributed by atoms with Crippen molar-refractivity contribution < 1.29 is 0 Å². The van der Waals surface area contributed by atoms with Crippen molar-refractivity contribution >= 4 is 11.6 Å². The maximum absolute atomic E-state index is 5.94. The van der Waals surface area contributed by atoms with Crippen LogP contribution in [-0.4, -0.2) is 29.9 Å². The van der Waals surface area contributed by atoms with Crippen LogP contribution >= 0.6 is 11.6 Å². The van der Waals surface area contributed by atoms with Crippen molar-refractivity contribution in [2.24, 2.45) is 0 Å². The third-order valence-electron chi connectivity index (χ3n) is 3.16. The van der Waals surface area contributed by atoms with E-state index in [9.17, 15) is 0 Å². The molecule has 0 atom stereocenters. The van der Waals surface area contributed by atoms with Crippen LogP contribution in [0.3, 0.4) is 0 Å². The van der Waals surface area contributed by atoms with Crippen LogP contribution in [0.2, 0.25) is 0 Å². The van der Waals surface area contributed by atoms with Crippen molar-refractivity contribution in [1.29, 1.82) is 0 Å². The van der Waals surface area contributed by atoms with Crippen molar-refractivity contribution in [2.45, 2.75) is 32.2 Å². The first-order chi connectivity index (χ1) is 7.56. The van der Waals surface area contributed by atoms with Crippen LogP contribution in [0.1, 0.15) is 25.8 Å². The van der Waals surface area contributed by atoms with E-state index < -0.39 is 0 Å². The zero-order chi connectivity index (χ0) is 12.0. The van der Waals surface area contributed by atoms with Crippen LogP contribution in [0.25, 0.3) is 0 Å². The molecule has 0 amide bonds. The molecule has 1 aromatic rings. The van der Waals surface area contributed by atoms with Crippen molar-refractivity contribution in [2.75, 3.05) is 19.5 Å². The minimum absolute atomic E-state index is 0.0955. The van der Waals surface area contributed by atoms with Gasteiger partial charge in [-0.25, -0.2) is 0 Å². The lowest BCUT2D eigenvalue weighted by Gasteiger charge is -2.33. The van der Waals surface area contributed by atoms with E-state index in [4.69, 9.17) is 11.6 Å². The van der Waals surface area contributed by atoms with Crippen LogP contribution in [0, 0.1) is 0 Å². The Bertz CT molecular complexity index is 295. The summed E-state index contributed by atoms with van der Waals surface area (Å²) in [4.78, 5) is 2.34. The predicted octanol–water partition coefficient (Wildman–Crippen LogP) is 3.57. The van der Waals surface area contributed by atoms with Crippen LogP contribution < -0.4 is 0 Å². The molecule has 0 radical (unpaired) electrons. The quantitative estimate of drug-likeness (QED) is 0.686. The molecule has 0 N–H and O–H groups in total. The monoisotopic (exact) mass is 239 g/mol. The van der Waals surface area contributed by atoms with E-state index in [2.05, 4.69) is 56.1 Å². The fourth-order valence-electron chi connectivity index (χ4n) is 1.57. The van der Waals surface area contributed by atoms with Gasteiger partial charge in [0.25, 0.3) is 0 Å². The first kappa shape index (κ1) is 13.5. The average molecular weight is 240 g/mol. The van der Waals surface area contributed by atoms with Crippen LogP contribution in [0.4, 0.5) is 0 Å². The lowest BCUT2D eigenvalue weighted by Crippen LogP contribution is -2.43. The molecule has 0 saturated carbocycles. The summed E-state index contributed by atoms with van der Waals surface area (Å²) >= 11 is 5.94. The summed E-state index contributed by atoms with van der Waals surface area (Å²) in [6, 6.07) is 10.6. The third kappa shape index (κ3) is 4.15. The predicted molar refractivity (Wildman–Crippen MR) is 72.2 cm³/mol. The molecular weight excluding hydrogens is 218 g/mol. The number of hydrogen-bond acceptors (Lipinski definition) is 1. The highest BCUT2D eigenvalue weighted by atomic mass is 35.5. The second kappa shape index (κ2) is 6.27. The zero-order valence-corrected chi connectivity index (χ0v) is 11.3. The molecule has 2 heteroatoms. The van der Waals surface area contributed by atoms with Crippen molar-refractivity contribution in [1.82, 2.24) is 4.90 Å². The van der Waals surface area contributed by atoms with Gasteiger partial charge in [0.1, 0.15) is 0 Å². The Hall–Kier alpha value is -0.530. The summed E-state index contributed by atoms with van der Waals surface area (Å²) in [7, 11) is 2.15. The summed E-state index contributed by atoms with van der Waals surface area (Å²) < 4.78 is 0. The fourth-order valence-corrected chi connectivity index (χ4v) is 1.77. The summed E-state index contributed by atoms with van der Waals surface area (Å²) in [5.74, 6) is 0.675. The Morgan fingerprint density at radius 1 is 1.19 bits per heavy atom. The molecule has 90 valence electrons. The average Bonchev–Trinajstić information content (AvgIpc) is 2.30. The molecule has 1 aromatic carbocycles. The molecule has 0 bridgehead atoms. The summed E-state index contributed by atoms with van der Waals surface area (Å²) in [5.41, 5.74) is 1.51. The lowest BCUT2D eigenvalue weighted by molar-refractivity contribution is 0.177. The third-order valence-corrected chi connectivity index (χ3v) is 3.82. The topological polar surface area (TPSA) is 3.24 Å². The van der Waals surface area contributed by atoms with E-state index in [-0.39, 0.29) is 5.54 Å². The standard InChI is InChI=1S/C14H22ClN/c1-14(2,12-15)16(3)11-7-10-13-8-5-4-6-9-13/h4-6,8-9H,7,10-12H2,1-3H3. The van der Waals surface area contributed by atoms with Crippen molar-refractivity contribution in [3.8, 4) is 0 Å². The first-order valence-corrected chi connectivity index (χ1v) is 6.41. The maximum atomic E-state index is 5.94. The summed E-state index contributed by atoms with van der Waals surface area (Å²) in [6.07, 6.45) is 2.32. The van der Waals surface area contributed by atoms with Crippen LogP contribution in [0.5, 0.6) is 0 Å². The van der Waals surface area contributed by atoms with Gasteiger partial charge in [-0.1, -0.05) is 30.3 Å². The molecule has 0 heterocycles. The largest absolute Gasteiger partial charge is 0.300 e. The summed E-state index contributed by atoms with van der Waals surface area (Å²) in [6.45, 7) is 5.46. The number of rotatable bonds is 6. The molecule has 0 aromatic heterocycles. The van der Waals surface area contributed by atoms with E-state index >= 15 is 0 Å². The van der Waals surface area contributed by atoms with Gasteiger partial charge in [-0.15, -0.1) is 11.6 Å². The van der Waals surface area contributed by atoms with Gasteiger partial charge in [0.05, 0.1) is 0 Å². The van der Waals surface area contributed by atoms with Gasteiger partial charge in [-0.2, -0.15) is 0 Å². The Balaban J connectivity index is 2.31. The number of alkyl halides is 1. The lowest BCUT2D eigenvalue weighted by atomic mass is 10.0. The van der Waals surface area contributed by atoms with Gasteiger partial charge < -0.3 is 4.90 Å². The second-order valence-electron chi connectivity index (χ2n) is 4.96. The number of nitrogens with zero attached hydrogens (tertiary/aromatic N) is 1. The zero-order valence-electron chi connectivity index (χ0n) is 10.5. The molecule has 0 aliphatic carbocycles. The van der Waals surface area contributed by atoms with Crippen LogP contribution in [-0.2, 0) is 6.42 Å². The smallest absolute Gasteiger partial charge is 0.0402 e. The molecule has 0 saturated heterocycles. The second-order valence-corrected chi connectivity index (χ2v) is 5.22. The number of aryl methyl sites for hydroxylation is 1. The minimum Gasteiger partial charge on any atom is -0.300 e. The molecule has 0 fully saturated rings. The molecule has 0 aliphatic rings. The van der Waals surface area contributed by atoms with Crippen molar-refractivity contribution in [3.05, 3.63) is 35.9 Å². The molecule has 0 aliphatic heterocycles. The van der Waals surface area contributed by atoms with Gasteiger partial charge in [-0.3, -0.25) is 0 Å². The minimum atomic E-state index is 0.0955. The highest BCUT2D eigenvalue weighted by Gasteiger charge is 2.21. The van der Waals surface area contributed by atoms with Gasteiger partial charge in [0.2, 0.25) is 0 Å². The molecular formula is C14H22ClN. The normalized spacial score (nSPS) is 12.1. The Morgan fingerprint density at radius 2 is 1.81 bits per heavy atom. The van der Waals surface area contributed by atoms with Gasteiger partial charge >= 0.3 is 0 Å². The van der Waals surface area contributed by atoms with Gasteiger partial charge in [-0.05, 0) is 45.8 Å². The van der Waals surface area contributed by atoms with E-state index in [0.29, 0.717) is 5.88 Å². The number of halogens is 1. The van der Waals surface area contributed by atoms with E-state index in [1.807, 2.05) is 0 Å². The number of hydrogen-bond donors (Lipinski definition) is 0. The molecule has 0 unspecified atom stereocenters. The molecule has 1 rings (SSSR count). The van der Waals surface area contributed by atoms with Gasteiger partial charge in [0, 0.05) is 11.4 Å². The van der Waals surface area contributed by atoms with Crippen molar-refractivity contribution in [3.63, 3.8) is 0 Å². The maximum Gasteiger partial charge on any atom is 0.0402 e. The summed E-state index contributed by atoms with van der Waals surface area (Å²) in [5, 5.41) is 0. The van der Waals surface area contributed by atoms with Gasteiger partial charge in [0.15, 0.2) is 0 Å². The Kier molecular flexibility index (Phi) is 5.30.